The van der Waals surface area contributed by atoms with Crippen LogP contribution in [-0.4, -0.2) is 54.5 Å². The van der Waals surface area contributed by atoms with Crippen LogP contribution in [0.3, 0.4) is 0 Å². The fraction of sp³-hybridized carbons (Fsp3) is 0.385. The molecule has 0 bridgehead atoms. The van der Waals surface area contributed by atoms with Crippen molar-refractivity contribution >= 4 is 17.8 Å². The second kappa shape index (κ2) is 16.4. The Kier molecular flexibility index (Phi) is 14.5. The van der Waals surface area contributed by atoms with Gasteiger partial charge in [0, 0.05) is 24.5 Å². The Morgan fingerprint density at radius 3 is 2.14 bits per heavy atom. The van der Waals surface area contributed by atoms with Gasteiger partial charge in [-0.25, -0.2) is 9.89 Å². The van der Waals surface area contributed by atoms with E-state index >= 15 is 0 Å². The van der Waals surface area contributed by atoms with Crippen LogP contribution in [0.25, 0.3) is 22.5 Å². The minimum Gasteiger partial charge on any atom is -0.550 e. The van der Waals surface area contributed by atoms with Gasteiger partial charge in [-0.1, -0.05) is 75.7 Å². The zero-order valence-electron chi connectivity index (χ0n) is 22.0. The van der Waals surface area contributed by atoms with Gasteiger partial charge in [0.25, 0.3) is 0 Å². The maximum Gasteiger partial charge on any atom is 1.00 e. The van der Waals surface area contributed by atoms with Gasteiger partial charge in [-0.15, -0.1) is 5.10 Å². The number of unbranched alkanes of at least 4 members (excludes halogenated alkanes) is 1. The second-order valence-electron chi connectivity index (χ2n) is 8.64. The summed E-state index contributed by atoms with van der Waals surface area (Å²) in [7, 11) is 0. The Morgan fingerprint density at radius 2 is 1.65 bits per heavy atom. The Balaban J connectivity index is 0.00000127. The van der Waals surface area contributed by atoms with Crippen LogP contribution in [0.5, 0.6) is 0 Å². The number of nitrogens with zero attached hydrogens (tertiary/aromatic N) is 4. The molecule has 0 spiro atoms. The van der Waals surface area contributed by atoms with Gasteiger partial charge >= 0.3 is 57.4 Å². The van der Waals surface area contributed by atoms with Crippen molar-refractivity contribution in [2.45, 2.75) is 59.5 Å². The average molecular weight is 534 g/mol. The number of aromatic nitrogens is 4. The van der Waals surface area contributed by atoms with E-state index in [0.29, 0.717) is 12.2 Å². The summed E-state index contributed by atoms with van der Waals surface area (Å²) in [6.45, 7) is 6.90. The summed E-state index contributed by atoms with van der Waals surface area (Å²) in [6, 6.07) is 14.8. The van der Waals surface area contributed by atoms with Gasteiger partial charge in [-0.3, -0.25) is 4.79 Å². The summed E-state index contributed by atoms with van der Waals surface area (Å²) in [5.41, 5.74) is 3.71. The molecule has 0 unspecified atom stereocenters. The van der Waals surface area contributed by atoms with E-state index in [2.05, 4.69) is 20.6 Å². The van der Waals surface area contributed by atoms with Crippen LogP contribution in [0.2, 0.25) is 0 Å². The number of carbonyl (C=O) groups is 3. The van der Waals surface area contributed by atoms with Gasteiger partial charge in [0.05, 0.1) is 0 Å². The summed E-state index contributed by atoms with van der Waals surface area (Å²) in [5.74, 6) is -1.80. The van der Waals surface area contributed by atoms with Crippen molar-refractivity contribution in [1.82, 2.24) is 25.5 Å². The quantitative estimate of drug-likeness (QED) is 0.343. The average Bonchev–Trinajstić information content (AvgIpc) is 3.37. The van der Waals surface area contributed by atoms with E-state index in [4.69, 9.17) is 9.90 Å². The Labute approximate surface area is 259 Å². The number of rotatable bonds is 10. The fourth-order valence-corrected chi connectivity index (χ4v) is 3.79. The molecule has 2 N–H and O–H groups in total. The molecule has 192 valence electrons. The number of aliphatic carboxylic acids is 2. The van der Waals surface area contributed by atoms with Crippen molar-refractivity contribution in [2.24, 2.45) is 5.92 Å². The Bertz CT molecular complexity index is 1130. The molecule has 10 nitrogen and oxygen atoms in total. The molecule has 0 saturated heterocycles. The van der Waals surface area contributed by atoms with E-state index in [1.54, 1.807) is 0 Å². The first kappa shape index (κ1) is 32.6. The molecule has 3 rings (SSSR count). The standard InChI is InChI=1S/C24H29N5O3.C2H4O2.K/c1-4-5-10-21(30)29(22(16(2)3)24(31)32)15-17-11-13-18(14-12-17)19-8-6-7-9-20(19)23-25-27-28-26-23;1-2(3)4;/h6-9,11-14,16,22H,4-5,10,15H2,1-3H3,(H,31,32)(H,25,26,27,28);1H3,(H,3,4);/q;;+1/p-1/t22-;;/m0../s1. The molecule has 11 heteroatoms. The third kappa shape index (κ3) is 10.1. The number of hydrogen-bond donors (Lipinski definition) is 2. The van der Waals surface area contributed by atoms with Gasteiger partial charge in [0.2, 0.25) is 5.91 Å². The number of carbonyl (C=O) groups excluding carboxylic acids is 2. The molecule has 1 amide bonds. The molecule has 37 heavy (non-hydrogen) atoms. The maximum absolute atomic E-state index is 12.9. The van der Waals surface area contributed by atoms with Crippen molar-refractivity contribution in [3.8, 4) is 22.5 Å². The predicted octanol–water partition coefficient (Wildman–Crippen LogP) is -0.0781. The molecular formula is C26H32KN5O5. The van der Waals surface area contributed by atoms with E-state index in [-0.39, 0.29) is 69.8 Å². The van der Waals surface area contributed by atoms with Crippen molar-refractivity contribution < 1.29 is 76.0 Å². The van der Waals surface area contributed by atoms with E-state index in [1.165, 1.54) is 4.90 Å². The molecule has 0 aliphatic heterocycles. The largest absolute Gasteiger partial charge is 1.00 e. The van der Waals surface area contributed by atoms with Crippen LogP contribution in [0, 0.1) is 5.92 Å². The molecule has 0 aliphatic rings. The zero-order chi connectivity index (χ0) is 26.7. The van der Waals surface area contributed by atoms with Crippen molar-refractivity contribution in [3.63, 3.8) is 0 Å². The van der Waals surface area contributed by atoms with Gasteiger partial charge in [-0.2, -0.15) is 0 Å². The van der Waals surface area contributed by atoms with E-state index < -0.39 is 18.0 Å². The Morgan fingerprint density at radius 1 is 1.05 bits per heavy atom. The third-order valence-corrected chi connectivity index (χ3v) is 5.43. The van der Waals surface area contributed by atoms with Gasteiger partial charge in [0.1, 0.15) is 6.04 Å². The number of carboxylic acid groups (broad SMARTS) is 2. The van der Waals surface area contributed by atoms with Crippen molar-refractivity contribution in [2.75, 3.05) is 0 Å². The first-order valence-electron chi connectivity index (χ1n) is 11.8. The normalized spacial score (nSPS) is 11.1. The van der Waals surface area contributed by atoms with Gasteiger partial charge < -0.3 is 19.9 Å². The predicted molar refractivity (Wildman–Crippen MR) is 132 cm³/mol. The zero-order valence-corrected chi connectivity index (χ0v) is 25.1. The molecule has 0 aliphatic carbocycles. The Hall–Kier alpha value is -2.44. The fourth-order valence-electron chi connectivity index (χ4n) is 3.79. The molecule has 3 aromatic rings. The van der Waals surface area contributed by atoms with Crippen LogP contribution in [0.4, 0.5) is 0 Å². The van der Waals surface area contributed by atoms with Crippen LogP contribution >= 0.6 is 0 Å². The van der Waals surface area contributed by atoms with Crippen molar-refractivity contribution in [3.05, 3.63) is 54.1 Å². The van der Waals surface area contributed by atoms with E-state index in [1.807, 2.05) is 69.3 Å². The molecule has 1 atom stereocenters. The first-order valence-corrected chi connectivity index (χ1v) is 11.8. The molecule has 1 aromatic heterocycles. The number of carboxylic acids is 2. The molecule has 0 saturated carbocycles. The summed E-state index contributed by atoms with van der Waals surface area (Å²) in [4.78, 5) is 35.2. The number of benzene rings is 2. The van der Waals surface area contributed by atoms with Crippen LogP contribution in [0.1, 0.15) is 52.5 Å². The summed E-state index contributed by atoms with van der Waals surface area (Å²) < 4.78 is 0. The summed E-state index contributed by atoms with van der Waals surface area (Å²) >= 11 is 0. The molecule has 2 aromatic carbocycles. The van der Waals surface area contributed by atoms with Gasteiger partial charge in [0.15, 0.2) is 5.82 Å². The monoisotopic (exact) mass is 533 g/mol. The summed E-state index contributed by atoms with van der Waals surface area (Å²) in [6.07, 6.45) is 1.98. The minimum absolute atomic E-state index is 0. The van der Waals surface area contributed by atoms with Gasteiger partial charge in [-0.05, 0) is 46.4 Å². The van der Waals surface area contributed by atoms with Crippen LogP contribution < -0.4 is 56.5 Å². The second-order valence-corrected chi connectivity index (χ2v) is 8.64. The topological polar surface area (TPSA) is 152 Å². The smallest absolute Gasteiger partial charge is 0.550 e. The molecular weight excluding hydrogens is 501 g/mol. The van der Waals surface area contributed by atoms with E-state index in [0.717, 1.165) is 42.0 Å². The molecule has 0 radical (unpaired) electrons. The van der Waals surface area contributed by atoms with Crippen LogP contribution in [0.15, 0.2) is 48.5 Å². The van der Waals surface area contributed by atoms with E-state index in [9.17, 15) is 14.7 Å². The van der Waals surface area contributed by atoms with Crippen LogP contribution in [-0.2, 0) is 20.9 Å². The molecule has 1 heterocycles. The first-order chi connectivity index (χ1) is 17.1. The number of aromatic amines is 1. The van der Waals surface area contributed by atoms with Crippen molar-refractivity contribution in [1.29, 1.82) is 0 Å². The number of tetrazole rings is 1. The number of amides is 1. The summed E-state index contributed by atoms with van der Waals surface area (Å²) in [5, 5.41) is 32.8. The minimum atomic E-state index is -1.08. The SMILES string of the molecule is CC(=O)[O-].CCCCC(=O)N(Cc1ccc(-c2ccccc2-c2nnn[nH]2)cc1)[C@H](C(=O)O)C(C)C.[K+]. The number of H-pyrrole nitrogens is 1. The maximum atomic E-state index is 12.9. The molecule has 0 fully saturated rings. The number of hydrogen-bond acceptors (Lipinski definition) is 7. The number of nitrogens with one attached hydrogen (secondary N) is 1. The third-order valence-electron chi connectivity index (χ3n) is 5.43.